The lowest BCUT2D eigenvalue weighted by molar-refractivity contribution is 0.0697. The van der Waals surface area contributed by atoms with E-state index in [0.717, 1.165) is 26.9 Å². The van der Waals surface area contributed by atoms with Crippen molar-refractivity contribution in [1.82, 2.24) is 0 Å². The van der Waals surface area contributed by atoms with Crippen molar-refractivity contribution in [1.29, 1.82) is 0 Å². The number of carbonyl (C=O) groups is 1. The Morgan fingerprint density at radius 2 is 1.33 bits per heavy atom. The average Bonchev–Trinajstić information content (AvgIpc) is 2.53. The van der Waals surface area contributed by atoms with Crippen LogP contribution >= 0.6 is 0 Å². The molecule has 0 atom stereocenters. The number of rotatable bonds is 1. The van der Waals surface area contributed by atoms with Gasteiger partial charge in [-0.25, -0.2) is 4.79 Å². The molecule has 0 saturated carbocycles. The number of fused-ring (bicyclic) bond motifs is 5. The topological polar surface area (TPSA) is 37.3 Å². The van der Waals surface area contributed by atoms with Crippen LogP contribution in [0.15, 0.2) is 66.7 Å². The summed E-state index contributed by atoms with van der Waals surface area (Å²) in [6, 6.07) is 21.8. The molecule has 21 heavy (non-hydrogen) atoms. The Bertz CT molecular complexity index is 1010. The van der Waals surface area contributed by atoms with Gasteiger partial charge in [-0.1, -0.05) is 54.6 Å². The first-order chi connectivity index (χ1) is 10.2. The molecule has 0 fully saturated rings. The summed E-state index contributed by atoms with van der Waals surface area (Å²) in [5.41, 5.74) is 0.322. The van der Waals surface area contributed by atoms with Crippen molar-refractivity contribution < 1.29 is 9.90 Å². The second kappa shape index (κ2) is 4.32. The van der Waals surface area contributed by atoms with Gasteiger partial charge < -0.3 is 5.11 Å². The van der Waals surface area contributed by atoms with E-state index in [4.69, 9.17) is 0 Å². The maximum Gasteiger partial charge on any atom is 0.335 e. The van der Waals surface area contributed by atoms with Gasteiger partial charge >= 0.3 is 5.97 Å². The van der Waals surface area contributed by atoms with E-state index in [-0.39, 0.29) is 0 Å². The zero-order valence-corrected chi connectivity index (χ0v) is 11.2. The van der Waals surface area contributed by atoms with Crippen LogP contribution in [0.4, 0.5) is 0 Å². The van der Waals surface area contributed by atoms with Crippen LogP contribution in [0.1, 0.15) is 10.4 Å². The van der Waals surface area contributed by atoms with Gasteiger partial charge in [0.05, 0.1) is 5.56 Å². The van der Waals surface area contributed by atoms with E-state index in [9.17, 15) is 9.90 Å². The van der Waals surface area contributed by atoms with Crippen molar-refractivity contribution in [2.75, 3.05) is 0 Å². The van der Waals surface area contributed by atoms with Gasteiger partial charge in [0.2, 0.25) is 0 Å². The van der Waals surface area contributed by atoms with Crippen LogP contribution in [-0.4, -0.2) is 11.1 Å². The molecular formula is C19H12O2. The van der Waals surface area contributed by atoms with E-state index in [1.807, 2.05) is 24.3 Å². The number of hydrogen-bond donors (Lipinski definition) is 1. The van der Waals surface area contributed by atoms with Crippen LogP contribution in [-0.2, 0) is 0 Å². The van der Waals surface area contributed by atoms with Crippen molar-refractivity contribution in [2.45, 2.75) is 0 Å². The summed E-state index contributed by atoms with van der Waals surface area (Å²) < 4.78 is 0. The normalized spacial score (nSPS) is 11.2. The standard InChI is InChI=1S/C19H12O2/c20-19(21)15-10-7-13-6-9-14-8-5-12-3-1-2-4-16(12)18(14)17(13)11-15/h1-11H,(H,20,21). The number of carboxylic acids is 1. The Morgan fingerprint density at radius 3 is 2.10 bits per heavy atom. The fourth-order valence-electron chi connectivity index (χ4n) is 2.96. The Morgan fingerprint density at radius 1 is 0.714 bits per heavy atom. The maximum absolute atomic E-state index is 11.2. The zero-order valence-electron chi connectivity index (χ0n) is 11.2. The summed E-state index contributed by atoms with van der Waals surface area (Å²) in [6.45, 7) is 0. The minimum absolute atomic E-state index is 0.322. The molecule has 2 nitrogen and oxygen atoms in total. The molecule has 0 bridgehead atoms. The molecule has 0 heterocycles. The first-order valence-electron chi connectivity index (χ1n) is 6.81. The van der Waals surface area contributed by atoms with Gasteiger partial charge in [0.1, 0.15) is 0 Å². The first-order valence-corrected chi connectivity index (χ1v) is 6.81. The van der Waals surface area contributed by atoms with Crippen molar-refractivity contribution in [2.24, 2.45) is 0 Å². The fourth-order valence-corrected chi connectivity index (χ4v) is 2.96. The Balaban J connectivity index is 2.27. The minimum Gasteiger partial charge on any atom is -0.478 e. The quantitative estimate of drug-likeness (QED) is 0.503. The summed E-state index contributed by atoms with van der Waals surface area (Å²) >= 11 is 0. The van der Waals surface area contributed by atoms with E-state index in [1.54, 1.807) is 12.1 Å². The van der Waals surface area contributed by atoms with Gasteiger partial charge in [-0.3, -0.25) is 0 Å². The summed E-state index contributed by atoms with van der Waals surface area (Å²) in [7, 11) is 0. The van der Waals surface area contributed by atoms with E-state index < -0.39 is 5.97 Å². The van der Waals surface area contributed by atoms with Crippen LogP contribution in [0.2, 0.25) is 0 Å². The second-order valence-electron chi connectivity index (χ2n) is 5.19. The summed E-state index contributed by atoms with van der Waals surface area (Å²) in [6.07, 6.45) is 0. The van der Waals surface area contributed by atoms with Gasteiger partial charge in [0.15, 0.2) is 0 Å². The molecule has 4 aromatic carbocycles. The lowest BCUT2D eigenvalue weighted by Gasteiger charge is -2.08. The number of carboxylic acid groups (broad SMARTS) is 1. The second-order valence-corrected chi connectivity index (χ2v) is 5.19. The van der Waals surface area contributed by atoms with Crippen LogP contribution in [0.5, 0.6) is 0 Å². The third kappa shape index (κ3) is 1.77. The van der Waals surface area contributed by atoms with Crippen molar-refractivity contribution in [3.8, 4) is 0 Å². The van der Waals surface area contributed by atoms with Crippen molar-refractivity contribution in [3.05, 3.63) is 72.3 Å². The monoisotopic (exact) mass is 272 g/mol. The largest absolute Gasteiger partial charge is 0.478 e. The van der Waals surface area contributed by atoms with E-state index in [2.05, 4.69) is 30.3 Å². The molecule has 100 valence electrons. The Kier molecular flexibility index (Phi) is 2.45. The molecule has 1 N–H and O–H groups in total. The van der Waals surface area contributed by atoms with Gasteiger partial charge in [0.25, 0.3) is 0 Å². The van der Waals surface area contributed by atoms with E-state index in [1.165, 1.54) is 5.39 Å². The molecule has 0 unspecified atom stereocenters. The Labute approximate surface area is 121 Å². The predicted octanol–water partition coefficient (Wildman–Crippen LogP) is 4.84. The molecule has 0 amide bonds. The maximum atomic E-state index is 11.2. The molecule has 0 spiro atoms. The summed E-state index contributed by atoms with van der Waals surface area (Å²) in [5, 5.41) is 15.8. The highest BCUT2D eigenvalue weighted by Crippen LogP contribution is 2.32. The van der Waals surface area contributed by atoms with Gasteiger partial charge in [-0.2, -0.15) is 0 Å². The molecule has 4 aromatic rings. The third-order valence-corrected chi connectivity index (χ3v) is 3.97. The minimum atomic E-state index is -0.894. The van der Waals surface area contributed by atoms with E-state index in [0.29, 0.717) is 5.56 Å². The van der Waals surface area contributed by atoms with Gasteiger partial charge in [0, 0.05) is 0 Å². The lowest BCUT2D eigenvalue weighted by Crippen LogP contribution is -1.95. The van der Waals surface area contributed by atoms with Gasteiger partial charge in [-0.15, -0.1) is 0 Å². The molecule has 0 aromatic heterocycles. The highest BCUT2D eigenvalue weighted by Gasteiger charge is 2.08. The molecule has 0 saturated heterocycles. The first kappa shape index (κ1) is 11.9. The fraction of sp³-hybridized carbons (Fsp3) is 0. The summed E-state index contributed by atoms with van der Waals surface area (Å²) in [4.78, 5) is 11.2. The molecule has 2 heteroatoms. The molecule has 0 aliphatic carbocycles. The predicted molar refractivity (Wildman–Crippen MR) is 85.9 cm³/mol. The highest BCUT2D eigenvalue weighted by molar-refractivity contribution is 6.20. The molecule has 4 rings (SSSR count). The molecule has 0 radical (unpaired) electrons. The van der Waals surface area contributed by atoms with Crippen LogP contribution in [0.3, 0.4) is 0 Å². The van der Waals surface area contributed by atoms with Crippen molar-refractivity contribution in [3.63, 3.8) is 0 Å². The number of benzene rings is 4. The molecule has 0 aliphatic heterocycles. The highest BCUT2D eigenvalue weighted by atomic mass is 16.4. The Hall–Kier alpha value is -2.87. The van der Waals surface area contributed by atoms with Crippen LogP contribution < -0.4 is 0 Å². The third-order valence-electron chi connectivity index (χ3n) is 3.97. The SMILES string of the molecule is O=C(O)c1ccc2ccc3ccc4ccccc4c3c2c1. The molecule has 0 aliphatic rings. The molecular weight excluding hydrogens is 260 g/mol. The van der Waals surface area contributed by atoms with E-state index >= 15 is 0 Å². The zero-order chi connectivity index (χ0) is 14.4. The van der Waals surface area contributed by atoms with Crippen molar-refractivity contribution >= 4 is 38.3 Å². The average molecular weight is 272 g/mol. The smallest absolute Gasteiger partial charge is 0.335 e. The number of hydrogen-bond acceptors (Lipinski definition) is 1. The lowest BCUT2D eigenvalue weighted by atomic mass is 9.95. The number of aromatic carboxylic acids is 1. The van der Waals surface area contributed by atoms with Crippen LogP contribution in [0, 0.1) is 0 Å². The van der Waals surface area contributed by atoms with Crippen LogP contribution in [0.25, 0.3) is 32.3 Å². The summed E-state index contributed by atoms with van der Waals surface area (Å²) in [5.74, 6) is -0.894. The van der Waals surface area contributed by atoms with Gasteiger partial charge in [-0.05, 0) is 44.5 Å².